The summed E-state index contributed by atoms with van der Waals surface area (Å²) in [5.74, 6) is 0.726. The van der Waals surface area contributed by atoms with Crippen LogP contribution in [0.15, 0.2) is 48.5 Å². The maximum Gasteiger partial charge on any atom is 0.332 e. The first kappa shape index (κ1) is 20.7. The minimum absolute atomic E-state index is 0.0103. The zero-order valence-electron chi connectivity index (χ0n) is 15.5. The summed E-state index contributed by atoms with van der Waals surface area (Å²) >= 11 is 0. The molecule has 0 fully saturated rings. The maximum absolute atomic E-state index is 11.9. The van der Waals surface area contributed by atoms with E-state index < -0.39 is 7.60 Å². The van der Waals surface area contributed by atoms with Gasteiger partial charge >= 0.3 is 7.60 Å². The minimum atomic E-state index is -3.57. The van der Waals surface area contributed by atoms with Crippen molar-refractivity contribution in [1.82, 2.24) is 0 Å². The molecule has 0 aliphatic heterocycles. The minimum Gasteiger partial charge on any atom is -0.491 e. The lowest BCUT2D eigenvalue weighted by Crippen LogP contribution is -2.18. The fourth-order valence-electron chi connectivity index (χ4n) is 2.80. The average Bonchev–Trinajstić information content (AvgIpc) is 2.60. The highest BCUT2D eigenvalue weighted by molar-refractivity contribution is 7.51. The molecule has 0 aromatic heterocycles. The van der Waals surface area contributed by atoms with Crippen LogP contribution in [-0.2, 0) is 20.7 Å². The Morgan fingerprint density at radius 3 is 2.04 bits per heavy atom. The summed E-state index contributed by atoms with van der Waals surface area (Å²) < 4.78 is 22.2. The van der Waals surface area contributed by atoms with E-state index in [0.717, 1.165) is 22.4 Å². The van der Waals surface area contributed by atoms with E-state index in [0.29, 0.717) is 0 Å². The lowest BCUT2D eigenvalue weighted by molar-refractivity contribution is 0.201. The summed E-state index contributed by atoms with van der Waals surface area (Å²) in [6.45, 7) is 6.45. The van der Waals surface area contributed by atoms with Gasteiger partial charge in [0.1, 0.15) is 12.4 Å². The molecule has 2 N–H and O–H groups in total. The van der Waals surface area contributed by atoms with Crippen LogP contribution >= 0.6 is 7.60 Å². The van der Waals surface area contributed by atoms with Crippen molar-refractivity contribution in [3.8, 4) is 5.75 Å². The van der Waals surface area contributed by atoms with Gasteiger partial charge in [0.2, 0.25) is 0 Å². The van der Waals surface area contributed by atoms with E-state index >= 15 is 0 Å². The molecular formula is C20H27O5P. The second-order valence-corrected chi connectivity index (χ2v) is 8.48. The first-order valence-electron chi connectivity index (χ1n) is 8.68. The molecule has 1 atom stereocenters. The summed E-state index contributed by atoms with van der Waals surface area (Å²) in [7, 11) is -3.57. The number of hydrogen-bond acceptors (Lipinski definition) is 4. The number of hydrogen-bond donors (Lipinski definition) is 2. The molecule has 142 valence electrons. The van der Waals surface area contributed by atoms with Gasteiger partial charge in [-0.2, -0.15) is 0 Å². The summed E-state index contributed by atoms with van der Waals surface area (Å²) in [5, 5.41) is 8.82. The lowest BCUT2D eigenvalue weighted by atomic mass is 9.78. The largest absolute Gasteiger partial charge is 0.491 e. The molecule has 0 bridgehead atoms. The van der Waals surface area contributed by atoms with Gasteiger partial charge in [0.25, 0.3) is 0 Å². The van der Waals surface area contributed by atoms with Crippen LogP contribution in [0.4, 0.5) is 0 Å². The van der Waals surface area contributed by atoms with Crippen LogP contribution in [0.3, 0.4) is 0 Å². The second-order valence-electron chi connectivity index (χ2n) is 6.63. The number of ether oxygens (including phenoxy) is 1. The van der Waals surface area contributed by atoms with E-state index in [9.17, 15) is 9.46 Å². The Bertz CT molecular complexity index is 738. The van der Waals surface area contributed by atoms with Gasteiger partial charge in [0.05, 0.1) is 19.4 Å². The van der Waals surface area contributed by atoms with Crippen LogP contribution in [0, 0.1) is 0 Å². The molecule has 0 heterocycles. The van der Waals surface area contributed by atoms with Gasteiger partial charge in [-0.1, -0.05) is 50.2 Å². The third kappa shape index (κ3) is 5.42. The smallest absolute Gasteiger partial charge is 0.332 e. The van der Waals surface area contributed by atoms with Crippen molar-refractivity contribution in [3.05, 3.63) is 65.2 Å². The maximum atomic E-state index is 11.9. The van der Waals surface area contributed by atoms with Gasteiger partial charge in [-0.15, -0.1) is 0 Å². The summed E-state index contributed by atoms with van der Waals surface area (Å²) in [6, 6.07) is 15.5. The Labute approximate surface area is 155 Å². The molecule has 2 aromatic rings. The number of rotatable bonds is 9. The summed E-state index contributed by atoms with van der Waals surface area (Å²) in [6.07, 6.45) is 0.0123. The molecule has 0 spiro atoms. The molecule has 2 rings (SSSR count). The van der Waals surface area contributed by atoms with Crippen molar-refractivity contribution < 1.29 is 23.8 Å². The van der Waals surface area contributed by atoms with Crippen LogP contribution < -0.4 is 4.74 Å². The highest BCUT2D eigenvalue weighted by Crippen LogP contribution is 2.45. The standard InChI is InChI=1S/C20H27O5P/c1-4-25-26(22,23)15-16-5-7-17(8-6-16)20(2,3)18-9-11-19(12-10-18)24-14-13-21/h5-12,21H,4,13-15H2,1-3H3,(H,22,23). The highest BCUT2D eigenvalue weighted by atomic mass is 31.2. The molecule has 0 amide bonds. The molecule has 0 radical (unpaired) electrons. The van der Waals surface area contributed by atoms with E-state index in [1.165, 1.54) is 0 Å². The molecule has 0 aliphatic rings. The Morgan fingerprint density at radius 1 is 1.00 bits per heavy atom. The molecule has 5 nitrogen and oxygen atoms in total. The zero-order chi connectivity index (χ0) is 19.2. The van der Waals surface area contributed by atoms with E-state index in [1.54, 1.807) is 6.92 Å². The average molecular weight is 378 g/mol. The molecule has 6 heteroatoms. The number of aliphatic hydroxyl groups excluding tert-OH is 1. The Morgan fingerprint density at radius 2 is 1.54 bits per heavy atom. The zero-order valence-corrected chi connectivity index (χ0v) is 16.4. The van der Waals surface area contributed by atoms with Gasteiger partial charge in [0, 0.05) is 5.41 Å². The fourth-order valence-corrected chi connectivity index (χ4v) is 3.97. The van der Waals surface area contributed by atoms with Crippen molar-refractivity contribution in [3.63, 3.8) is 0 Å². The van der Waals surface area contributed by atoms with E-state index in [4.69, 9.17) is 14.4 Å². The predicted octanol–water partition coefficient (Wildman–Crippen LogP) is 4.11. The third-order valence-corrected chi connectivity index (χ3v) is 5.75. The summed E-state index contributed by atoms with van der Waals surface area (Å²) in [5.41, 5.74) is 2.78. The second kappa shape index (κ2) is 8.83. The van der Waals surface area contributed by atoms with E-state index in [1.807, 2.05) is 48.5 Å². The number of aliphatic hydroxyl groups is 1. The molecule has 0 saturated carbocycles. The van der Waals surface area contributed by atoms with Crippen molar-refractivity contribution in [2.75, 3.05) is 19.8 Å². The quantitative estimate of drug-likeness (QED) is 0.643. The number of benzene rings is 2. The van der Waals surface area contributed by atoms with Gasteiger partial charge in [-0.25, -0.2) is 0 Å². The first-order valence-corrected chi connectivity index (χ1v) is 10.4. The van der Waals surface area contributed by atoms with Crippen LogP contribution in [0.1, 0.15) is 37.5 Å². The predicted molar refractivity (Wildman–Crippen MR) is 103 cm³/mol. The molecular weight excluding hydrogens is 351 g/mol. The van der Waals surface area contributed by atoms with Crippen molar-refractivity contribution in [2.45, 2.75) is 32.3 Å². The Balaban J connectivity index is 2.14. The molecule has 0 aliphatic carbocycles. The van der Waals surface area contributed by atoms with E-state index in [2.05, 4.69) is 13.8 Å². The van der Waals surface area contributed by atoms with E-state index in [-0.39, 0.29) is 31.4 Å². The molecule has 26 heavy (non-hydrogen) atoms. The van der Waals surface area contributed by atoms with Crippen molar-refractivity contribution >= 4 is 7.60 Å². The molecule has 0 saturated heterocycles. The Hall–Kier alpha value is -1.65. The van der Waals surface area contributed by atoms with Crippen LogP contribution in [0.25, 0.3) is 0 Å². The third-order valence-electron chi connectivity index (χ3n) is 4.32. The van der Waals surface area contributed by atoms with Crippen molar-refractivity contribution in [2.24, 2.45) is 0 Å². The van der Waals surface area contributed by atoms with Gasteiger partial charge < -0.3 is 19.3 Å². The SMILES string of the molecule is CCOP(=O)(O)Cc1ccc(C(C)(C)c2ccc(OCCO)cc2)cc1. The van der Waals surface area contributed by atoms with Crippen LogP contribution in [0.2, 0.25) is 0 Å². The summed E-state index contributed by atoms with van der Waals surface area (Å²) in [4.78, 5) is 9.77. The normalized spacial score (nSPS) is 14.0. The monoisotopic (exact) mass is 378 g/mol. The van der Waals surface area contributed by atoms with Crippen molar-refractivity contribution in [1.29, 1.82) is 0 Å². The van der Waals surface area contributed by atoms with Crippen LogP contribution in [0.5, 0.6) is 5.75 Å². The van der Waals surface area contributed by atoms with Crippen LogP contribution in [-0.4, -0.2) is 29.8 Å². The Kier molecular flexibility index (Phi) is 7.01. The molecule has 1 unspecified atom stereocenters. The van der Waals surface area contributed by atoms with Gasteiger partial charge in [-0.3, -0.25) is 4.57 Å². The topological polar surface area (TPSA) is 76.0 Å². The fraction of sp³-hybridized carbons (Fsp3) is 0.400. The highest BCUT2D eigenvalue weighted by Gasteiger charge is 2.24. The lowest BCUT2D eigenvalue weighted by Gasteiger charge is -2.26. The first-order chi connectivity index (χ1) is 12.3. The van der Waals surface area contributed by atoms with Gasteiger partial charge in [0.15, 0.2) is 0 Å². The molecule has 2 aromatic carbocycles. The van der Waals surface area contributed by atoms with Gasteiger partial charge in [-0.05, 0) is 35.7 Å².